The molecule has 0 N–H and O–H groups in total. The van der Waals surface area contributed by atoms with Crippen LogP contribution >= 0.6 is 0 Å². The largest absolute Gasteiger partial charge is 0.433 e. The minimum atomic E-state index is -4.53. The number of alkyl halides is 3. The van der Waals surface area contributed by atoms with Crippen LogP contribution in [0.2, 0.25) is 0 Å². The highest BCUT2D eigenvalue weighted by molar-refractivity contribution is 5.95. The summed E-state index contributed by atoms with van der Waals surface area (Å²) in [6.07, 6.45) is -1.26. The lowest BCUT2D eigenvalue weighted by molar-refractivity contribution is -0.141. The van der Waals surface area contributed by atoms with Crippen LogP contribution in [0.25, 0.3) is 0 Å². The molecule has 6 nitrogen and oxygen atoms in total. The summed E-state index contributed by atoms with van der Waals surface area (Å²) in [6.45, 7) is 5.41. The van der Waals surface area contributed by atoms with Gasteiger partial charge in [-0.25, -0.2) is 4.98 Å². The zero-order valence-corrected chi connectivity index (χ0v) is 16.0. The maximum absolute atomic E-state index is 12.7. The van der Waals surface area contributed by atoms with Crippen molar-refractivity contribution in [1.29, 1.82) is 0 Å². The summed E-state index contributed by atoms with van der Waals surface area (Å²) in [7, 11) is 0. The number of hydrogen-bond acceptors (Lipinski definition) is 4. The Balaban J connectivity index is 1.54. The molecule has 0 aromatic carbocycles. The Morgan fingerprint density at radius 1 is 0.964 bits per heavy atom. The first-order valence-corrected chi connectivity index (χ1v) is 9.60. The monoisotopic (exact) mass is 398 g/mol. The molecule has 0 spiro atoms. The summed E-state index contributed by atoms with van der Waals surface area (Å²) >= 11 is 0. The highest BCUT2D eigenvalue weighted by Crippen LogP contribution is 2.28. The molecule has 2 amide bonds. The van der Waals surface area contributed by atoms with Crippen LogP contribution in [0.5, 0.6) is 0 Å². The van der Waals surface area contributed by atoms with Crippen LogP contribution in [-0.2, 0) is 11.0 Å². The van der Waals surface area contributed by atoms with Crippen LogP contribution in [0.4, 0.5) is 13.2 Å². The third kappa shape index (κ3) is 4.81. The SMILES string of the molecule is Cc1nc(C(F)(F)F)ccc1C(=O)N1CCN(CC(=O)N2CCCCC2)CC1. The maximum Gasteiger partial charge on any atom is 0.433 e. The molecule has 2 aliphatic rings. The van der Waals surface area contributed by atoms with Gasteiger partial charge < -0.3 is 9.80 Å². The number of carbonyl (C=O) groups excluding carboxylic acids is 2. The number of pyridine rings is 1. The molecule has 2 saturated heterocycles. The van der Waals surface area contributed by atoms with E-state index < -0.39 is 11.9 Å². The molecule has 0 atom stereocenters. The molecule has 1 aromatic rings. The number of aromatic nitrogens is 1. The molecule has 3 heterocycles. The summed E-state index contributed by atoms with van der Waals surface area (Å²) in [4.78, 5) is 34.1. The first-order chi connectivity index (χ1) is 13.3. The summed E-state index contributed by atoms with van der Waals surface area (Å²) < 4.78 is 38.2. The smallest absolute Gasteiger partial charge is 0.342 e. The zero-order chi connectivity index (χ0) is 20.3. The molecule has 0 saturated carbocycles. The van der Waals surface area contributed by atoms with Gasteiger partial charge >= 0.3 is 6.18 Å². The molecule has 0 unspecified atom stereocenters. The Labute approximate surface area is 162 Å². The Kier molecular flexibility index (Phi) is 6.22. The fourth-order valence-electron chi connectivity index (χ4n) is 3.66. The van der Waals surface area contributed by atoms with E-state index >= 15 is 0 Å². The predicted octanol–water partition coefficient (Wildman–Crippen LogP) is 2.18. The third-order valence-corrected chi connectivity index (χ3v) is 5.33. The van der Waals surface area contributed by atoms with E-state index in [2.05, 4.69) is 4.98 Å². The lowest BCUT2D eigenvalue weighted by Crippen LogP contribution is -2.52. The Hall–Kier alpha value is -2.16. The van der Waals surface area contributed by atoms with Gasteiger partial charge in [-0.15, -0.1) is 0 Å². The second-order valence-corrected chi connectivity index (χ2v) is 7.34. The Morgan fingerprint density at radius 2 is 1.61 bits per heavy atom. The van der Waals surface area contributed by atoms with E-state index in [-0.39, 0.29) is 23.1 Å². The van der Waals surface area contributed by atoms with Crippen molar-refractivity contribution < 1.29 is 22.8 Å². The molecule has 0 aliphatic carbocycles. The maximum atomic E-state index is 12.7. The standard InChI is InChI=1S/C19H25F3N4O2/c1-14-15(5-6-16(23-14)19(20,21)22)18(28)26-11-9-24(10-12-26)13-17(27)25-7-3-2-4-8-25/h5-6H,2-4,7-13H2,1H3. The van der Waals surface area contributed by atoms with Gasteiger partial charge in [0.15, 0.2) is 0 Å². The first kappa shape index (κ1) is 20.6. The van der Waals surface area contributed by atoms with Gasteiger partial charge in [-0.05, 0) is 38.3 Å². The molecule has 2 fully saturated rings. The van der Waals surface area contributed by atoms with Crippen molar-refractivity contribution in [3.05, 3.63) is 29.1 Å². The molecule has 154 valence electrons. The number of hydrogen-bond donors (Lipinski definition) is 0. The number of rotatable bonds is 3. The molecule has 3 rings (SSSR count). The summed E-state index contributed by atoms with van der Waals surface area (Å²) in [6, 6.07) is 2.04. The van der Waals surface area contributed by atoms with E-state index in [4.69, 9.17) is 0 Å². The number of amides is 2. The topological polar surface area (TPSA) is 56.8 Å². The summed E-state index contributed by atoms with van der Waals surface area (Å²) in [5.74, 6) is -0.192. The van der Waals surface area contributed by atoms with E-state index in [1.165, 1.54) is 19.4 Å². The van der Waals surface area contributed by atoms with E-state index in [1.807, 2.05) is 9.80 Å². The number of likely N-dealkylation sites (tertiary alicyclic amines) is 1. The van der Waals surface area contributed by atoms with Crippen molar-refractivity contribution in [2.45, 2.75) is 32.4 Å². The van der Waals surface area contributed by atoms with Gasteiger partial charge in [0.2, 0.25) is 5.91 Å². The average molecular weight is 398 g/mol. The van der Waals surface area contributed by atoms with Crippen molar-refractivity contribution in [3.8, 4) is 0 Å². The van der Waals surface area contributed by atoms with Gasteiger partial charge in [0.1, 0.15) is 5.69 Å². The van der Waals surface area contributed by atoms with Gasteiger partial charge in [-0.3, -0.25) is 14.5 Å². The lowest BCUT2D eigenvalue weighted by atomic mass is 10.1. The van der Waals surface area contributed by atoms with Gasteiger partial charge in [0, 0.05) is 39.3 Å². The van der Waals surface area contributed by atoms with E-state index in [9.17, 15) is 22.8 Å². The fourth-order valence-corrected chi connectivity index (χ4v) is 3.66. The number of piperidine rings is 1. The van der Waals surface area contributed by atoms with E-state index in [0.717, 1.165) is 32.0 Å². The minimum Gasteiger partial charge on any atom is -0.342 e. The number of halogens is 3. The molecule has 0 bridgehead atoms. The normalized spacial score (nSPS) is 19.0. The van der Waals surface area contributed by atoms with Crippen molar-refractivity contribution >= 4 is 11.8 Å². The summed E-state index contributed by atoms with van der Waals surface area (Å²) in [5, 5.41) is 0. The Morgan fingerprint density at radius 3 is 2.18 bits per heavy atom. The number of carbonyl (C=O) groups is 2. The molecule has 9 heteroatoms. The van der Waals surface area contributed by atoms with Gasteiger partial charge in [0.05, 0.1) is 17.8 Å². The van der Waals surface area contributed by atoms with Gasteiger partial charge in [0.25, 0.3) is 5.91 Å². The third-order valence-electron chi connectivity index (χ3n) is 5.33. The highest BCUT2D eigenvalue weighted by atomic mass is 19.4. The molecule has 1 aromatic heterocycles. The fraction of sp³-hybridized carbons (Fsp3) is 0.632. The summed E-state index contributed by atoms with van der Waals surface area (Å²) in [5.41, 5.74) is -0.740. The molecule has 28 heavy (non-hydrogen) atoms. The molecule has 0 radical (unpaired) electrons. The van der Waals surface area contributed by atoms with Crippen LogP contribution < -0.4 is 0 Å². The van der Waals surface area contributed by atoms with Gasteiger partial charge in [-0.1, -0.05) is 0 Å². The van der Waals surface area contributed by atoms with Gasteiger partial charge in [-0.2, -0.15) is 13.2 Å². The van der Waals surface area contributed by atoms with Crippen LogP contribution in [0.3, 0.4) is 0 Å². The minimum absolute atomic E-state index is 0.0718. The van der Waals surface area contributed by atoms with Crippen molar-refractivity contribution in [1.82, 2.24) is 19.7 Å². The molecule has 2 aliphatic heterocycles. The zero-order valence-electron chi connectivity index (χ0n) is 16.0. The predicted molar refractivity (Wildman–Crippen MR) is 96.8 cm³/mol. The number of piperazine rings is 1. The first-order valence-electron chi connectivity index (χ1n) is 9.60. The van der Waals surface area contributed by atoms with Crippen LogP contribution in [0, 0.1) is 6.92 Å². The lowest BCUT2D eigenvalue weighted by Gasteiger charge is -2.36. The number of nitrogens with zero attached hydrogens (tertiary/aromatic N) is 4. The quantitative estimate of drug-likeness (QED) is 0.783. The number of aryl methyl sites for hydroxylation is 1. The van der Waals surface area contributed by atoms with Crippen molar-refractivity contribution in [3.63, 3.8) is 0 Å². The van der Waals surface area contributed by atoms with Crippen LogP contribution in [0.1, 0.15) is 41.0 Å². The van der Waals surface area contributed by atoms with Crippen molar-refractivity contribution in [2.24, 2.45) is 0 Å². The second-order valence-electron chi connectivity index (χ2n) is 7.34. The van der Waals surface area contributed by atoms with E-state index in [1.54, 1.807) is 4.90 Å². The highest BCUT2D eigenvalue weighted by Gasteiger charge is 2.33. The van der Waals surface area contributed by atoms with Crippen molar-refractivity contribution in [2.75, 3.05) is 45.8 Å². The average Bonchev–Trinajstić information content (AvgIpc) is 2.68. The Bertz CT molecular complexity index is 724. The molecular formula is C19H25F3N4O2. The van der Waals surface area contributed by atoms with Crippen LogP contribution in [0.15, 0.2) is 12.1 Å². The second kappa shape index (κ2) is 8.46. The van der Waals surface area contributed by atoms with E-state index in [0.29, 0.717) is 32.7 Å². The molecular weight excluding hydrogens is 373 g/mol. The van der Waals surface area contributed by atoms with Crippen LogP contribution in [-0.4, -0.2) is 77.3 Å².